The van der Waals surface area contributed by atoms with Gasteiger partial charge < -0.3 is 14.4 Å². The summed E-state index contributed by atoms with van der Waals surface area (Å²) in [7, 11) is 2.22. The fourth-order valence-electron chi connectivity index (χ4n) is 10.1. The Hall–Kier alpha value is -3.84. The van der Waals surface area contributed by atoms with Gasteiger partial charge in [0.2, 0.25) is 0 Å². The van der Waals surface area contributed by atoms with E-state index in [1.807, 2.05) is 79.4 Å². The zero-order valence-corrected chi connectivity index (χ0v) is 48.4. The van der Waals surface area contributed by atoms with Crippen LogP contribution in [0.3, 0.4) is 0 Å². The molecule has 0 aliphatic rings. The lowest BCUT2D eigenvalue weighted by atomic mass is 9.99. The Morgan fingerprint density at radius 1 is 0.479 bits per heavy atom. The molecule has 7 nitrogen and oxygen atoms in total. The van der Waals surface area contributed by atoms with E-state index >= 15 is 0 Å². The van der Waals surface area contributed by atoms with Gasteiger partial charge in [-0.05, 0) is 68.0 Å². The summed E-state index contributed by atoms with van der Waals surface area (Å²) in [5.41, 5.74) is 11.5. The van der Waals surface area contributed by atoms with E-state index in [4.69, 9.17) is 17.5 Å². The van der Waals surface area contributed by atoms with Crippen molar-refractivity contribution < 1.29 is 0 Å². The van der Waals surface area contributed by atoms with Crippen molar-refractivity contribution in [2.45, 2.75) is 105 Å². The number of hydrogen-bond acceptors (Lipinski definition) is 15. The van der Waals surface area contributed by atoms with Crippen LogP contribution in [0.2, 0.25) is 0 Å². The van der Waals surface area contributed by atoms with E-state index in [0.29, 0.717) is 5.92 Å². The van der Waals surface area contributed by atoms with Crippen LogP contribution < -0.4 is 9.80 Å². The molecule has 0 radical (unpaired) electrons. The third-order valence-corrected chi connectivity index (χ3v) is 23.8. The van der Waals surface area contributed by atoms with Crippen LogP contribution in [0.25, 0.3) is 112 Å². The van der Waals surface area contributed by atoms with E-state index in [-0.39, 0.29) is 0 Å². The number of aromatic nitrogens is 5. The first-order chi connectivity index (χ1) is 34.9. The van der Waals surface area contributed by atoms with Gasteiger partial charge in [0, 0.05) is 98.5 Å². The number of unbranched alkanes of at least 4 members (excludes halogenated alkanes) is 4. The first kappa shape index (κ1) is 48.1. The molecule has 0 spiro atoms. The Kier molecular flexibility index (Phi) is 13.9. The molecule has 16 heteroatoms. The van der Waals surface area contributed by atoms with E-state index in [9.17, 15) is 0 Å². The topological polar surface area (TPSA) is 63.0 Å². The Morgan fingerprint density at radius 3 is 1.51 bits per heavy atom. The smallest absolute Gasteiger partial charge is 0.114 e. The summed E-state index contributed by atoms with van der Waals surface area (Å²) in [6.45, 7) is 15.9. The zero-order valence-electron chi connectivity index (χ0n) is 41.1. The fourth-order valence-corrected chi connectivity index (χ4v) is 20.1. The van der Waals surface area contributed by atoms with Crippen molar-refractivity contribution in [2.75, 3.05) is 36.5 Å². The second-order valence-corrected chi connectivity index (χ2v) is 27.5. The highest BCUT2D eigenvalue weighted by Crippen LogP contribution is 2.53. The van der Waals surface area contributed by atoms with E-state index in [0.717, 1.165) is 48.2 Å². The molecule has 0 amide bonds. The van der Waals surface area contributed by atoms with Gasteiger partial charge in [0.1, 0.15) is 22.1 Å². The number of benzene rings is 2. The number of fused-ring (bicyclic) bond motifs is 9. The third kappa shape index (κ3) is 8.78. The molecule has 0 fully saturated rings. The van der Waals surface area contributed by atoms with Crippen molar-refractivity contribution in [1.29, 1.82) is 0 Å². The maximum atomic E-state index is 4.99. The summed E-state index contributed by atoms with van der Waals surface area (Å²) in [4.78, 5) is 10.1. The third-order valence-electron chi connectivity index (χ3n) is 14.2. The van der Waals surface area contributed by atoms with Gasteiger partial charge in [0.05, 0.1) is 58.6 Å². The van der Waals surface area contributed by atoms with Gasteiger partial charge in [0.25, 0.3) is 0 Å². The predicted octanol–water partition coefficient (Wildman–Crippen LogP) is 20.2. The summed E-state index contributed by atoms with van der Waals surface area (Å²) in [5.74, 6) is 0.613. The van der Waals surface area contributed by atoms with Gasteiger partial charge >= 0.3 is 0 Å². The van der Waals surface area contributed by atoms with Crippen molar-refractivity contribution in [1.82, 2.24) is 22.1 Å². The van der Waals surface area contributed by atoms with Gasteiger partial charge in [-0.15, -0.1) is 79.4 Å². The summed E-state index contributed by atoms with van der Waals surface area (Å²) >= 11 is 16.1. The highest BCUT2D eigenvalue weighted by molar-refractivity contribution is 7.37. The van der Waals surface area contributed by atoms with Crippen molar-refractivity contribution in [3.8, 4) is 41.8 Å². The second kappa shape index (κ2) is 20.5. The van der Waals surface area contributed by atoms with Crippen molar-refractivity contribution >= 4 is 184 Å². The average molecular weight is 1100 g/mol. The van der Waals surface area contributed by atoms with Gasteiger partial charge in [-0.3, -0.25) is 0 Å². The molecule has 0 aliphatic carbocycles. The normalized spacial score (nSPS) is 12.8. The van der Waals surface area contributed by atoms with Gasteiger partial charge in [-0.25, -0.2) is 0 Å². The summed E-state index contributed by atoms with van der Waals surface area (Å²) in [5, 5.41) is 2.76. The summed E-state index contributed by atoms with van der Waals surface area (Å²) < 4.78 is 33.6. The molecule has 0 saturated carbocycles. The van der Waals surface area contributed by atoms with Gasteiger partial charge in [0.15, 0.2) is 0 Å². The molecule has 0 bridgehead atoms. The molecule has 2 aromatic carbocycles. The Bertz CT molecular complexity index is 3750. The molecule has 0 saturated heterocycles. The van der Waals surface area contributed by atoms with Crippen LogP contribution in [0.15, 0.2) is 60.7 Å². The molecule has 366 valence electrons. The lowest BCUT2D eigenvalue weighted by molar-refractivity contribution is 0.401. The lowest BCUT2D eigenvalue weighted by Crippen LogP contribution is -2.24. The second-order valence-electron chi connectivity index (χ2n) is 19.0. The minimum Gasteiger partial charge on any atom is -0.366 e. The maximum Gasteiger partial charge on any atom is 0.114 e. The molecular formula is C55H57N7S9. The SMILES string of the molecule is CCCCC(CC)Cn1c2cc(-c3ccc(-c4cc5sc(N(C)CCCC)cc5s4)c4nsnc34)sc2c2sc3cc(-c4ccc(-c5cc6sc(N(CCCC)CCCC)cc6s5)c5nsnc45)sc3c21. The van der Waals surface area contributed by atoms with E-state index < -0.39 is 0 Å². The molecule has 71 heavy (non-hydrogen) atoms. The van der Waals surface area contributed by atoms with Crippen LogP contribution in [-0.2, 0) is 6.54 Å². The molecule has 1 atom stereocenters. The maximum absolute atomic E-state index is 4.99. The zero-order chi connectivity index (χ0) is 48.3. The van der Waals surface area contributed by atoms with Crippen LogP contribution in [0, 0.1) is 5.92 Å². The number of rotatable bonds is 21. The quantitative estimate of drug-likeness (QED) is 0.0714. The van der Waals surface area contributed by atoms with Crippen molar-refractivity contribution in [3.63, 3.8) is 0 Å². The number of hydrogen-bond donors (Lipinski definition) is 0. The van der Waals surface area contributed by atoms with E-state index in [1.54, 1.807) is 0 Å². The van der Waals surface area contributed by atoms with Crippen LogP contribution >= 0.6 is 103 Å². The Morgan fingerprint density at radius 2 is 0.958 bits per heavy atom. The van der Waals surface area contributed by atoms with Crippen LogP contribution in [-0.4, -0.2) is 48.7 Å². The van der Waals surface area contributed by atoms with Gasteiger partial charge in [-0.2, -0.15) is 17.5 Å². The molecule has 0 aliphatic heterocycles. The largest absolute Gasteiger partial charge is 0.366 e. The number of thiophene rings is 7. The lowest BCUT2D eigenvalue weighted by Gasteiger charge is -2.22. The van der Waals surface area contributed by atoms with E-state index in [1.165, 1.54) is 188 Å². The minimum atomic E-state index is 0.613. The molecular weight excluding hydrogens is 1050 g/mol. The van der Waals surface area contributed by atoms with E-state index in [2.05, 4.69) is 117 Å². The highest BCUT2D eigenvalue weighted by atomic mass is 32.1. The monoisotopic (exact) mass is 1100 g/mol. The van der Waals surface area contributed by atoms with Crippen LogP contribution in [0.1, 0.15) is 98.8 Å². The standard InChI is InChI=1S/C55H57N7S9/c1-7-12-16-31(11-5)30-62-36-24-37(32-17-18-33(49-48(32)56-70-57-49)38-25-41-43(63-38)28-46(65-41)60(6)21-13-8-2)67-53(36)55-52(62)54-45(69-55)27-40(68-54)35-20-19-34(50-51(35)59-71-58-50)39-26-42-44(64-39)29-47(66-42)61(22-14-9-3)23-15-10-4/h17-20,24-29,31H,7-16,21-23,30H2,1-6H3. The number of nitrogens with zero attached hydrogens (tertiary/aromatic N) is 7. The first-order valence-corrected chi connectivity index (χ1v) is 32.6. The molecule has 1 unspecified atom stereocenters. The highest BCUT2D eigenvalue weighted by Gasteiger charge is 2.26. The summed E-state index contributed by atoms with van der Waals surface area (Å²) in [6, 6.07) is 23.7. The average Bonchev–Trinajstić information content (AvgIpc) is 4.22. The minimum absolute atomic E-state index is 0.613. The van der Waals surface area contributed by atoms with Gasteiger partial charge in [-0.1, -0.05) is 97.4 Å². The van der Waals surface area contributed by atoms with Crippen molar-refractivity contribution in [2.24, 2.45) is 5.92 Å². The Balaban J connectivity index is 0.892. The molecule has 12 rings (SSSR count). The first-order valence-electron chi connectivity index (χ1n) is 25.4. The molecule has 10 aromatic heterocycles. The van der Waals surface area contributed by atoms with Crippen molar-refractivity contribution in [3.05, 3.63) is 60.7 Å². The van der Waals surface area contributed by atoms with Crippen LogP contribution in [0.5, 0.6) is 0 Å². The molecule has 0 N–H and O–H groups in total. The molecule has 12 aromatic rings. The fraction of sp³-hybridized carbons (Fsp3) is 0.382. The molecule has 10 heterocycles. The van der Waals surface area contributed by atoms with Crippen LogP contribution in [0.4, 0.5) is 10.0 Å². The predicted molar refractivity (Wildman–Crippen MR) is 324 cm³/mol. The Labute approximate surface area is 451 Å². The number of anilines is 2. The summed E-state index contributed by atoms with van der Waals surface area (Å²) in [6.07, 6.45) is 12.2.